The van der Waals surface area contributed by atoms with Crippen LogP contribution in [-0.4, -0.2) is 41.6 Å². The number of urea groups is 1. The number of nitrogens with zero attached hydrogens (tertiary/aromatic N) is 1. The van der Waals surface area contributed by atoms with Gasteiger partial charge in [-0.15, -0.1) is 0 Å². The van der Waals surface area contributed by atoms with Gasteiger partial charge in [-0.25, -0.2) is 4.79 Å². The van der Waals surface area contributed by atoms with Crippen molar-refractivity contribution < 1.29 is 4.79 Å². The summed E-state index contributed by atoms with van der Waals surface area (Å²) in [5, 5.41) is 5.83. The number of nitrogens with one attached hydrogen (secondary N) is 2. The van der Waals surface area contributed by atoms with Gasteiger partial charge in [-0.1, -0.05) is 30.4 Å². The summed E-state index contributed by atoms with van der Waals surface area (Å²) in [6, 6.07) is 9.49. The van der Waals surface area contributed by atoms with Gasteiger partial charge in [0.05, 0.1) is 4.99 Å². The van der Waals surface area contributed by atoms with Gasteiger partial charge in [0.1, 0.15) is 0 Å². The van der Waals surface area contributed by atoms with Crippen LogP contribution in [0.3, 0.4) is 0 Å². The summed E-state index contributed by atoms with van der Waals surface area (Å²) in [4.78, 5) is 14.6. The molecule has 5 nitrogen and oxygen atoms in total. The molecule has 0 atom stereocenters. The van der Waals surface area contributed by atoms with Crippen LogP contribution in [0.15, 0.2) is 30.3 Å². The summed E-state index contributed by atoms with van der Waals surface area (Å²) in [6.45, 7) is 2.49. The van der Waals surface area contributed by atoms with Crippen LogP contribution >= 0.6 is 12.2 Å². The number of hydrogen-bond donors (Lipinski definition) is 3. The fourth-order valence-corrected chi connectivity index (χ4v) is 2.51. The van der Waals surface area contributed by atoms with Crippen LogP contribution in [0.1, 0.15) is 12.8 Å². The van der Waals surface area contributed by atoms with E-state index < -0.39 is 0 Å². The van der Waals surface area contributed by atoms with Gasteiger partial charge in [0.15, 0.2) is 0 Å². The van der Waals surface area contributed by atoms with Gasteiger partial charge in [0.25, 0.3) is 0 Å². The van der Waals surface area contributed by atoms with Crippen LogP contribution < -0.4 is 16.4 Å². The van der Waals surface area contributed by atoms with Gasteiger partial charge in [0, 0.05) is 31.4 Å². The summed E-state index contributed by atoms with van der Waals surface area (Å²) in [5.74, 6) is 0. The van der Waals surface area contributed by atoms with E-state index in [1.165, 1.54) is 0 Å². The number of amides is 2. The lowest BCUT2D eigenvalue weighted by molar-refractivity contribution is 0.213. The largest absolute Gasteiger partial charge is 0.392 e. The number of hydrogen-bond acceptors (Lipinski definition) is 3. The van der Waals surface area contributed by atoms with Crippen molar-refractivity contribution in [1.29, 1.82) is 0 Å². The van der Waals surface area contributed by atoms with E-state index in [1.54, 1.807) is 0 Å². The van der Waals surface area contributed by atoms with Crippen molar-refractivity contribution in [2.24, 2.45) is 5.73 Å². The average molecular weight is 292 g/mol. The molecule has 1 saturated heterocycles. The Morgan fingerprint density at radius 3 is 2.55 bits per heavy atom. The van der Waals surface area contributed by atoms with Crippen LogP contribution in [0.5, 0.6) is 0 Å². The molecule has 6 heteroatoms. The minimum Gasteiger partial charge on any atom is -0.392 e. The third kappa shape index (κ3) is 4.79. The van der Waals surface area contributed by atoms with Crippen LogP contribution in [-0.2, 0) is 0 Å². The van der Waals surface area contributed by atoms with Crippen LogP contribution in [0, 0.1) is 0 Å². The van der Waals surface area contributed by atoms with E-state index in [4.69, 9.17) is 18.0 Å². The minimum absolute atomic E-state index is 0.149. The molecular formula is C14H20N4OS. The van der Waals surface area contributed by atoms with Crippen molar-refractivity contribution in [3.63, 3.8) is 0 Å². The molecule has 20 heavy (non-hydrogen) atoms. The maximum Gasteiger partial charge on any atom is 0.319 e. The zero-order valence-electron chi connectivity index (χ0n) is 11.3. The lowest BCUT2D eigenvalue weighted by Crippen LogP contribution is -2.47. The summed E-state index contributed by atoms with van der Waals surface area (Å²) >= 11 is 4.91. The number of rotatable bonds is 4. The van der Waals surface area contributed by atoms with Gasteiger partial charge in [-0.05, 0) is 25.0 Å². The van der Waals surface area contributed by atoms with Crippen molar-refractivity contribution >= 4 is 28.9 Å². The highest BCUT2D eigenvalue weighted by Crippen LogP contribution is 2.11. The molecular weight excluding hydrogens is 272 g/mol. The third-order valence-corrected chi connectivity index (χ3v) is 3.46. The van der Waals surface area contributed by atoms with Crippen molar-refractivity contribution in [3.8, 4) is 0 Å². The van der Waals surface area contributed by atoms with E-state index in [-0.39, 0.29) is 12.1 Å². The SMILES string of the molecule is NC(=S)CN1CCC(NC(=O)Nc2ccccc2)CC1. The summed E-state index contributed by atoms with van der Waals surface area (Å²) in [6.07, 6.45) is 1.84. The molecule has 108 valence electrons. The van der Waals surface area contributed by atoms with E-state index in [0.717, 1.165) is 31.6 Å². The second-order valence-corrected chi connectivity index (χ2v) is 5.51. The molecule has 1 fully saturated rings. The normalized spacial score (nSPS) is 16.6. The van der Waals surface area contributed by atoms with E-state index in [2.05, 4.69) is 15.5 Å². The highest BCUT2D eigenvalue weighted by molar-refractivity contribution is 7.80. The first-order valence-corrected chi connectivity index (χ1v) is 7.17. The molecule has 1 aliphatic rings. The Hall–Kier alpha value is -1.66. The fourth-order valence-electron chi connectivity index (χ4n) is 2.33. The number of carbonyl (C=O) groups is 1. The molecule has 1 aliphatic heterocycles. The maximum absolute atomic E-state index is 11.9. The summed E-state index contributed by atoms with van der Waals surface area (Å²) < 4.78 is 0. The number of nitrogens with two attached hydrogens (primary N) is 1. The highest BCUT2D eigenvalue weighted by atomic mass is 32.1. The van der Waals surface area contributed by atoms with E-state index in [0.29, 0.717) is 11.5 Å². The predicted molar refractivity (Wildman–Crippen MR) is 84.8 cm³/mol. The van der Waals surface area contributed by atoms with Gasteiger partial charge < -0.3 is 16.4 Å². The van der Waals surface area contributed by atoms with Crippen molar-refractivity contribution in [3.05, 3.63) is 30.3 Å². The monoisotopic (exact) mass is 292 g/mol. The summed E-state index contributed by atoms with van der Waals surface area (Å²) in [5.41, 5.74) is 6.34. The van der Waals surface area contributed by atoms with Gasteiger partial charge in [0.2, 0.25) is 0 Å². The third-order valence-electron chi connectivity index (χ3n) is 3.33. The van der Waals surface area contributed by atoms with E-state index >= 15 is 0 Å². The second-order valence-electron chi connectivity index (χ2n) is 4.98. The number of likely N-dealkylation sites (tertiary alicyclic amines) is 1. The minimum atomic E-state index is -0.149. The smallest absolute Gasteiger partial charge is 0.319 e. The van der Waals surface area contributed by atoms with Crippen LogP contribution in [0.25, 0.3) is 0 Å². The Balaban J connectivity index is 1.72. The first kappa shape index (κ1) is 14.7. The number of carbonyl (C=O) groups excluding carboxylic acids is 1. The molecule has 0 saturated carbocycles. The first-order chi connectivity index (χ1) is 9.63. The lowest BCUT2D eigenvalue weighted by Gasteiger charge is -2.31. The molecule has 0 unspecified atom stereocenters. The number of anilines is 1. The number of piperidine rings is 1. The molecule has 1 aromatic rings. The standard InChI is InChI=1S/C14H20N4OS/c15-13(20)10-18-8-6-12(7-9-18)17-14(19)16-11-4-2-1-3-5-11/h1-5,12H,6-10H2,(H2,15,20)(H2,16,17,19). The van der Waals surface area contributed by atoms with Crippen LogP contribution in [0.4, 0.5) is 10.5 Å². The zero-order chi connectivity index (χ0) is 14.4. The molecule has 0 spiro atoms. The molecule has 0 aliphatic carbocycles. The Bertz CT molecular complexity index is 458. The zero-order valence-corrected chi connectivity index (χ0v) is 12.2. The van der Waals surface area contributed by atoms with Crippen LogP contribution in [0.2, 0.25) is 0 Å². The number of thiocarbonyl (C=S) groups is 1. The maximum atomic E-state index is 11.9. The predicted octanol–water partition coefficient (Wildman–Crippen LogP) is 1.56. The molecule has 0 radical (unpaired) electrons. The quantitative estimate of drug-likeness (QED) is 0.737. The summed E-state index contributed by atoms with van der Waals surface area (Å²) in [7, 11) is 0. The molecule has 1 aromatic carbocycles. The highest BCUT2D eigenvalue weighted by Gasteiger charge is 2.20. The van der Waals surface area contributed by atoms with Crippen molar-refractivity contribution in [2.75, 3.05) is 25.0 Å². The topological polar surface area (TPSA) is 70.4 Å². The average Bonchev–Trinajstić information content (AvgIpc) is 2.41. The second kappa shape index (κ2) is 7.21. The van der Waals surface area contributed by atoms with Gasteiger partial charge >= 0.3 is 6.03 Å². The van der Waals surface area contributed by atoms with Gasteiger partial charge in [-0.2, -0.15) is 0 Å². The molecule has 4 N–H and O–H groups in total. The Morgan fingerprint density at radius 1 is 1.30 bits per heavy atom. The lowest BCUT2D eigenvalue weighted by atomic mass is 10.1. The Morgan fingerprint density at radius 2 is 1.95 bits per heavy atom. The van der Waals surface area contributed by atoms with E-state index in [9.17, 15) is 4.79 Å². The molecule has 1 heterocycles. The molecule has 0 aromatic heterocycles. The van der Waals surface area contributed by atoms with Crippen molar-refractivity contribution in [1.82, 2.24) is 10.2 Å². The first-order valence-electron chi connectivity index (χ1n) is 6.77. The Kier molecular flexibility index (Phi) is 5.31. The molecule has 0 bridgehead atoms. The number of para-hydroxylation sites is 1. The molecule has 2 rings (SSSR count). The van der Waals surface area contributed by atoms with Gasteiger partial charge in [-0.3, -0.25) is 4.90 Å². The van der Waals surface area contributed by atoms with Crippen molar-refractivity contribution in [2.45, 2.75) is 18.9 Å². The molecule has 2 amide bonds. The number of benzene rings is 1. The Labute approximate surface area is 124 Å². The fraction of sp³-hybridized carbons (Fsp3) is 0.429. The van der Waals surface area contributed by atoms with E-state index in [1.807, 2.05) is 30.3 Å².